The van der Waals surface area contributed by atoms with Crippen molar-refractivity contribution < 1.29 is 17.9 Å². The Labute approximate surface area is 161 Å². The van der Waals surface area contributed by atoms with Gasteiger partial charge in [0.25, 0.3) is 0 Å². The molecule has 1 N–H and O–H groups in total. The number of rotatable bonds is 5. The zero-order valence-electron chi connectivity index (χ0n) is 15.0. The number of fused-ring (bicyclic) bond motifs is 1. The Balaban J connectivity index is 1.53. The average molecular weight is 384 g/mol. The highest BCUT2D eigenvalue weighted by atomic mass is 19.4. The molecule has 0 spiro atoms. The fourth-order valence-electron chi connectivity index (χ4n) is 3.48. The van der Waals surface area contributed by atoms with Gasteiger partial charge in [-0.1, -0.05) is 48.5 Å². The molecule has 0 aliphatic carbocycles. The summed E-state index contributed by atoms with van der Waals surface area (Å²) in [7, 11) is 0. The molecule has 2 heterocycles. The first-order chi connectivity index (χ1) is 13.5. The van der Waals surface area contributed by atoms with E-state index in [-0.39, 0.29) is 6.10 Å². The third kappa shape index (κ3) is 3.93. The van der Waals surface area contributed by atoms with Gasteiger partial charge in [-0.15, -0.1) is 0 Å². The minimum Gasteiger partial charge on any atom is -0.367 e. The van der Waals surface area contributed by atoms with E-state index < -0.39 is 11.9 Å². The van der Waals surface area contributed by atoms with Crippen molar-refractivity contribution in [3.05, 3.63) is 89.2 Å². The largest absolute Gasteiger partial charge is 0.433 e. The molecular weight excluding hydrogens is 365 g/mol. The molecule has 1 aliphatic heterocycles. The summed E-state index contributed by atoms with van der Waals surface area (Å²) in [6.45, 7) is 1.75. The molecule has 2 aromatic carbocycles. The first kappa shape index (κ1) is 18.7. The monoisotopic (exact) mass is 384 g/mol. The minimum atomic E-state index is -4.46. The molecule has 28 heavy (non-hydrogen) atoms. The molecule has 1 unspecified atom stereocenters. The Hall–Kier alpha value is -2.70. The van der Waals surface area contributed by atoms with Crippen LogP contribution in [-0.2, 0) is 24.1 Å². The van der Waals surface area contributed by atoms with Crippen molar-refractivity contribution in [2.24, 2.45) is 0 Å². The summed E-state index contributed by atoms with van der Waals surface area (Å²) in [4.78, 5) is 3.45. The molecule has 4 rings (SSSR count). The molecule has 6 heteroatoms. The predicted molar refractivity (Wildman–Crippen MR) is 100 cm³/mol. The third-order valence-corrected chi connectivity index (χ3v) is 4.85. The summed E-state index contributed by atoms with van der Waals surface area (Å²) in [5.74, 6) is 0. The number of hydrogen-bond acceptors (Lipinski definition) is 3. The highest BCUT2D eigenvalue weighted by Gasteiger charge is 2.33. The van der Waals surface area contributed by atoms with Crippen LogP contribution >= 0.6 is 0 Å². The molecule has 3 nitrogen and oxygen atoms in total. The van der Waals surface area contributed by atoms with Crippen molar-refractivity contribution in [2.75, 3.05) is 6.54 Å². The Bertz CT molecular complexity index is 957. The lowest BCUT2D eigenvalue weighted by Gasteiger charge is -2.14. The first-order valence-corrected chi connectivity index (χ1v) is 9.04. The number of nitrogens with one attached hydrogen (secondary N) is 1. The van der Waals surface area contributed by atoms with Crippen LogP contribution in [0.1, 0.15) is 28.5 Å². The number of hydrogen-bond donors (Lipinski definition) is 1. The van der Waals surface area contributed by atoms with Crippen LogP contribution in [0.5, 0.6) is 0 Å². The van der Waals surface area contributed by atoms with Crippen molar-refractivity contribution >= 4 is 0 Å². The van der Waals surface area contributed by atoms with Gasteiger partial charge in [-0.05, 0) is 39.9 Å². The van der Waals surface area contributed by atoms with Gasteiger partial charge in [0.05, 0.1) is 12.7 Å². The van der Waals surface area contributed by atoms with Gasteiger partial charge in [-0.2, -0.15) is 13.2 Å². The van der Waals surface area contributed by atoms with E-state index in [4.69, 9.17) is 4.74 Å². The molecule has 0 radical (unpaired) electrons. The second kappa shape index (κ2) is 7.73. The predicted octanol–water partition coefficient (Wildman–Crippen LogP) is 5.13. The van der Waals surface area contributed by atoms with E-state index >= 15 is 0 Å². The highest BCUT2D eigenvalue weighted by molar-refractivity contribution is 5.69. The normalized spacial score (nSPS) is 16.2. The van der Waals surface area contributed by atoms with E-state index in [0.29, 0.717) is 18.7 Å². The summed E-state index contributed by atoms with van der Waals surface area (Å²) in [5, 5.41) is 3.39. The van der Waals surface area contributed by atoms with E-state index in [1.165, 1.54) is 11.8 Å². The van der Waals surface area contributed by atoms with Gasteiger partial charge in [-0.25, -0.2) is 0 Å². The van der Waals surface area contributed by atoms with Crippen LogP contribution in [0, 0.1) is 0 Å². The van der Waals surface area contributed by atoms with E-state index in [1.807, 2.05) is 36.4 Å². The molecule has 144 valence electrons. The number of ether oxygens (including phenoxy) is 1. The summed E-state index contributed by atoms with van der Waals surface area (Å²) in [6.07, 6.45) is -3.39. The number of benzene rings is 2. The van der Waals surface area contributed by atoms with Crippen LogP contribution in [-0.4, -0.2) is 11.5 Å². The van der Waals surface area contributed by atoms with E-state index in [2.05, 4.69) is 22.4 Å². The van der Waals surface area contributed by atoms with Crippen LogP contribution in [0.25, 0.3) is 11.1 Å². The maximum absolute atomic E-state index is 13.0. The maximum Gasteiger partial charge on any atom is 0.433 e. The van der Waals surface area contributed by atoms with Crippen molar-refractivity contribution in [1.82, 2.24) is 10.3 Å². The molecule has 0 saturated carbocycles. The fourth-order valence-corrected chi connectivity index (χ4v) is 3.48. The molecule has 1 aliphatic rings. The molecule has 1 aromatic heterocycles. The van der Waals surface area contributed by atoms with E-state index in [1.54, 1.807) is 6.07 Å². The second-order valence-electron chi connectivity index (χ2n) is 6.72. The van der Waals surface area contributed by atoms with Gasteiger partial charge < -0.3 is 10.1 Å². The van der Waals surface area contributed by atoms with Crippen LogP contribution in [0.15, 0.2) is 66.9 Å². The lowest BCUT2D eigenvalue weighted by molar-refractivity contribution is -0.141. The first-order valence-electron chi connectivity index (χ1n) is 9.04. The van der Waals surface area contributed by atoms with Crippen molar-refractivity contribution in [1.29, 1.82) is 0 Å². The lowest BCUT2D eigenvalue weighted by Crippen LogP contribution is -2.20. The number of pyridine rings is 1. The lowest BCUT2D eigenvalue weighted by atomic mass is 9.95. The van der Waals surface area contributed by atoms with Gasteiger partial charge in [-0.3, -0.25) is 4.98 Å². The second-order valence-corrected chi connectivity index (χ2v) is 6.72. The summed E-state index contributed by atoms with van der Waals surface area (Å²) in [6, 6.07) is 18.4. The fraction of sp³-hybridized carbons (Fsp3) is 0.227. The molecule has 0 bridgehead atoms. The van der Waals surface area contributed by atoms with Crippen molar-refractivity contribution in [3.63, 3.8) is 0 Å². The number of nitrogens with zero attached hydrogens (tertiary/aromatic N) is 1. The molecule has 0 fully saturated rings. The molecular formula is C22H19F3N2O. The number of alkyl halides is 3. The summed E-state index contributed by atoms with van der Waals surface area (Å²) < 4.78 is 44.9. The molecule has 0 saturated heterocycles. The average Bonchev–Trinajstić information content (AvgIpc) is 3.11. The summed E-state index contributed by atoms with van der Waals surface area (Å²) in [5.41, 5.74) is 3.52. The molecule has 3 aromatic rings. The minimum absolute atomic E-state index is 0.123. The number of halogens is 3. The Kier molecular flexibility index (Phi) is 5.15. The SMILES string of the molecule is FC(F)(F)c1cc(-c2cccc3c2COC3CNCc2ccccc2)ccn1. The van der Waals surface area contributed by atoms with Gasteiger partial charge >= 0.3 is 6.18 Å². The van der Waals surface area contributed by atoms with Crippen LogP contribution in [0.3, 0.4) is 0 Å². The standard InChI is InChI=1S/C22H19F3N2O/c23-22(24,25)21-11-16(9-10-27-21)17-7-4-8-18-19(17)14-28-20(18)13-26-12-15-5-2-1-3-6-15/h1-11,20,26H,12-14H2. The van der Waals surface area contributed by atoms with Gasteiger partial charge in [0.1, 0.15) is 5.69 Å². The van der Waals surface area contributed by atoms with Crippen LogP contribution < -0.4 is 5.32 Å². The molecule has 0 amide bonds. The smallest absolute Gasteiger partial charge is 0.367 e. The Morgan fingerprint density at radius 3 is 2.64 bits per heavy atom. The Morgan fingerprint density at radius 1 is 1.04 bits per heavy atom. The number of aromatic nitrogens is 1. The van der Waals surface area contributed by atoms with E-state index in [9.17, 15) is 13.2 Å². The zero-order chi connectivity index (χ0) is 19.6. The molecule has 1 atom stereocenters. The maximum atomic E-state index is 13.0. The third-order valence-electron chi connectivity index (χ3n) is 4.85. The van der Waals surface area contributed by atoms with Crippen LogP contribution in [0.4, 0.5) is 13.2 Å². The van der Waals surface area contributed by atoms with Gasteiger partial charge in [0.15, 0.2) is 0 Å². The Morgan fingerprint density at radius 2 is 1.86 bits per heavy atom. The van der Waals surface area contributed by atoms with Crippen molar-refractivity contribution in [3.8, 4) is 11.1 Å². The quantitative estimate of drug-likeness (QED) is 0.662. The van der Waals surface area contributed by atoms with E-state index in [0.717, 1.165) is 29.3 Å². The topological polar surface area (TPSA) is 34.1 Å². The van der Waals surface area contributed by atoms with Gasteiger partial charge in [0.2, 0.25) is 0 Å². The van der Waals surface area contributed by atoms with Gasteiger partial charge in [0, 0.05) is 19.3 Å². The van der Waals surface area contributed by atoms with Crippen LogP contribution in [0.2, 0.25) is 0 Å². The summed E-state index contributed by atoms with van der Waals surface area (Å²) >= 11 is 0. The zero-order valence-corrected chi connectivity index (χ0v) is 15.0. The van der Waals surface area contributed by atoms with Crippen molar-refractivity contribution in [2.45, 2.75) is 25.4 Å². The highest BCUT2D eigenvalue weighted by Crippen LogP contribution is 2.38.